The molecule has 2 nitrogen and oxygen atoms in total. The molecule has 21 heavy (non-hydrogen) atoms. The maximum atomic E-state index is 4.08. The van der Waals surface area contributed by atoms with E-state index in [2.05, 4.69) is 98.0 Å². The molecule has 0 aliphatic rings. The fraction of sp³-hybridized carbons (Fsp3) is 0.600. The lowest BCUT2D eigenvalue weighted by Gasteiger charge is -2.50. The predicted molar refractivity (Wildman–Crippen MR) is 108 cm³/mol. The number of hydrogen-bond acceptors (Lipinski definition) is 2. The van der Waals surface area contributed by atoms with Crippen LogP contribution in [0.3, 0.4) is 0 Å². The highest BCUT2D eigenvalue weighted by Gasteiger charge is 2.41. The SMILES string of the molecule is C[Si](C)(C)NP(c1ccccc1)N([Si](C)(C)C)[Si](C)(C)C. The third-order valence-electron chi connectivity index (χ3n) is 2.91. The third-order valence-corrected chi connectivity index (χ3v) is 19.0. The van der Waals surface area contributed by atoms with Crippen molar-refractivity contribution in [2.24, 2.45) is 0 Å². The molecule has 120 valence electrons. The molecule has 0 fully saturated rings. The van der Waals surface area contributed by atoms with Gasteiger partial charge in [-0.3, -0.25) is 0 Å². The van der Waals surface area contributed by atoms with Gasteiger partial charge in [-0.15, -0.1) is 0 Å². The number of hydrogen-bond donors (Lipinski definition) is 1. The molecule has 0 amide bonds. The second kappa shape index (κ2) is 6.77. The van der Waals surface area contributed by atoms with E-state index >= 15 is 0 Å². The summed E-state index contributed by atoms with van der Waals surface area (Å²) in [5.74, 6) is 0. The summed E-state index contributed by atoms with van der Waals surface area (Å²) >= 11 is 0. The summed E-state index contributed by atoms with van der Waals surface area (Å²) in [7, 11) is -4.52. The van der Waals surface area contributed by atoms with Gasteiger partial charge in [0.15, 0.2) is 0 Å². The van der Waals surface area contributed by atoms with Crippen molar-refractivity contribution in [3.05, 3.63) is 30.3 Å². The minimum absolute atomic E-state index is 0.415. The number of rotatable bonds is 6. The normalized spacial score (nSPS) is 15.3. The van der Waals surface area contributed by atoms with Crippen LogP contribution in [-0.4, -0.2) is 28.7 Å². The van der Waals surface area contributed by atoms with E-state index in [-0.39, 0.29) is 0 Å². The van der Waals surface area contributed by atoms with Gasteiger partial charge in [-0.1, -0.05) is 89.3 Å². The zero-order chi connectivity index (χ0) is 16.5. The van der Waals surface area contributed by atoms with Crippen molar-refractivity contribution in [2.75, 3.05) is 0 Å². The quantitative estimate of drug-likeness (QED) is 0.568. The fourth-order valence-corrected chi connectivity index (χ4v) is 21.3. The number of nitrogens with one attached hydrogen (secondary N) is 1. The zero-order valence-electron chi connectivity index (χ0n) is 15.3. The summed E-state index contributed by atoms with van der Waals surface area (Å²) < 4.78 is 7.03. The van der Waals surface area contributed by atoms with E-state index < -0.39 is 32.9 Å². The van der Waals surface area contributed by atoms with E-state index in [0.29, 0.717) is 0 Å². The monoisotopic (exact) mass is 356 g/mol. The lowest BCUT2D eigenvalue weighted by Crippen LogP contribution is -2.60. The molecule has 0 heterocycles. The van der Waals surface area contributed by atoms with E-state index in [1.165, 1.54) is 5.30 Å². The fourth-order valence-electron chi connectivity index (χ4n) is 2.72. The first-order valence-electron chi connectivity index (χ1n) is 7.76. The molecular formula is C15H33N2PSi3. The van der Waals surface area contributed by atoms with Gasteiger partial charge in [0.25, 0.3) is 0 Å². The van der Waals surface area contributed by atoms with E-state index in [1.54, 1.807) is 0 Å². The standard InChI is InChI=1S/C15H33N2PSi3/c1-19(2,3)16-18(15-13-11-10-12-14-15)17(20(4,5)6)21(7,8)9/h10-14,16H,1-9H3. The van der Waals surface area contributed by atoms with Crippen molar-refractivity contribution in [1.82, 2.24) is 8.75 Å². The van der Waals surface area contributed by atoms with Crippen LogP contribution in [0, 0.1) is 0 Å². The summed E-state index contributed by atoms with van der Waals surface area (Å²) in [4.78, 5) is 0. The van der Waals surface area contributed by atoms with Gasteiger partial charge in [0.1, 0.15) is 24.7 Å². The molecule has 1 rings (SSSR count). The average molecular weight is 357 g/mol. The molecule has 0 saturated heterocycles. The van der Waals surface area contributed by atoms with Gasteiger partial charge in [0, 0.05) is 13.5 Å². The first kappa shape index (κ1) is 19.3. The molecular weight excluding hydrogens is 323 g/mol. The molecule has 1 aromatic rings. The Kier molecular flexibility index (Phi) is 6.21. The van der Waals surface area contributed by atoms with Crippen molar-refractivity contribution < 1.29 is 0 Å². The van der Waals surface area contributed by atoms with Gasteiger partial charge in [0.2, 0.25) is 0 Å². The Labute approximate surface area is 136 Å². The largest absolute Gasteiger partial charge is 0.309 e. The zero-order valence-corrected chi connectivity index (χ0v) is 19.2. The Hall–Kier alpha value is 0.221. The molecule has 0 saturated carbocycles. The van der Waals surface area contributed by atoms with Crippen LogP contribution in [0.15, 0.2) is 30.3 Å². The maximum absolute atomic E-state index is 4.08. The molecule has 0 spiro atoms. The predicted octanol–water partition coefficient (Wildman–Crippen LogP) is 5.02. The minimum atomic E-state index is -1.38. The highest BCUT2D eigenvalue weighted by Crippen LogP contribution is 2.44. The molecule has 1 aromatic carbocycles. The van der Waals surface area contributed by atoms with E-state index in [1.807, 2.05) is 0 Å². The molecule has 1 atom stereocenters. The first-order chi connectivity index (χ1) is 9.32. The Morgan fingerprint density at radius 3 is 1.52 bits per heavy atom. The number of benzene rings is 1. The molecule has 0 radical (unpaired) electrons. The molecule has 0 aliphatic carbocycles. The molecule has 0 aromatic heterocycles. The Bertz CT molecular complexity index is 433. The van der Waals surface area contributed by atoms with Crippen LogP contribution in [0.4, 0.5) is 0 Å². The summed E-state index contributed by atoms with van der Waals surface area (Å²) in [6.45, 7) is 22.2. The molecule has 1 N–H and O–H groups in total. The Morgan fingerprint density at radius 1 is 0.762 bits per heavy atom. The molecule has 0 bridgehead atoms. The van der Waals surface area contributed by atoms with Gasteiger partial charge >= 0.3 is 0 Å². The second-order valence-corrected chi connectivity index (χ2v) is 26.4. The third kappa shape index (κ3) is 6.08. The van der Waals surface area contributed by atoms with Crippen LogP contribution >= 0.6 is 8.22 Å². The van der Waals surface area contributed by atoms with E-state index in [0.717, 1.165) is 0 Å². The summed E-state index contributed by atoms with van der Waals surface area (Å²) in [6.07, 6.45) is 0. The van der Waals surface area contributed by atoms with Crippen LogP contribution in [0.5, 0.6) is 0 Å². The van der Waals surface area contributed by atoms with Crippen molar-refractivity contribution >= 4 is 38.2 Å². The molecule has 1 unspecified atom stereocenters. The first-order valence-corrected chi connectivity index (χ1v) is 19.4. The van der Waals surface area contributed by atoms with Gasteiger partial charge < -0.3 is 8.75 Å². The number of nitrogens with zero attached hydrogens (tertiary/aromatic N) is 1. The van der Waals surface area contributed by atoms with Crippen molar-refractivity contribution in [2.45, 2.75) is 58.9 Å². The minimum Gasteiger partial charge on any atom is -0.309 e. The van der Waals surface area contributed by atoms with Gasteiger partial charge in [-0.25, -0.2) is 0 Å². The maximum Gasteiger partial charge on any atom is 0.121 e. The van der Waals surface area contributed by atoms with Crippen molar-refractivity contribution in [3.63, 3.8) is 0 Å². The lowest BCUT2D eigenvalue weighted by atomic mass is 10.4. The van der Waals surface area contributed by atoms with E-state index in [4.69, 9.17) is 0 Å². The highest BCUT2D eigenvalue weighted by molar-refractivity contribution is 7.67. The van der Waals surface area contributed by atoms with Gasteiger partial charge in [-0.2, -0.15) is 0 Å². The van der Waals surface area contributed by atoms with Crippen LogP contribution in [0.1, 0.15) is 0 Å². The summed E-state index contributed by atoms with van der Waals surface area (Å²) in [5.41, 5.74) is 0. The van der Waals surface area contributed by atoms with Crippen LogP contribution in [-0.2, 0) is 0 Å². The van der Waals surface area contributed by atoms with Gasteiger partial charge in [-0.05, 0) is 0 Å². The van der Waals surface area contributed by atoms with Crippen molar-refractivity contribution in [3.8, 4) is 0 Å². The Balaban J connectivity index is 3.33. The summed E-state index contributed by atoms with van der Waals surface area (Å²) in [5, 5.41) is 1.49. The molecule has 6 heteroatoms. The highest BCUT2D eigenvalue weighted by atomic mass is 31.1. The Morgan fingerprint density at radius 2 is 1.19 bits per heavy atom. The smallest absolute Gasteiger partial charge is 0.121 e. The van der Waals surface area contributed by atoms with Crippen molar-refractivity contribution in [1.29, 1.82) is 0 Å². The van der Waals surface area contributed by atoms with E-state index in [9.17, 15) is 0 Å². The summed E-state index contributed by atoms with van der Waals surface area (Å²) in [6, 6.07) is 11.1. The molecule has 0 aliphatic heterocycles. The average Bonchev–Trinajstić information content (AvgIpc) is 2.23. The lowest BCUT2D eigenvalue weighted by molar-refractivity contribution is 0.962. The van der Waals surface area contributed by atoms with Crippen LogP contribution in [0.25, 0.3) is 0 Å². The van der Waals surface area contributed by atoms with Gasteiger partial charge in [0.05, 0.1) is 0 Å². The second-order valence-electron chi connectivity index (χ2n) is 8.66. The topological polar surface area (TPSA) is 15.3 Å². The van der Waals surface area contributed by atoms with Crippen LogP contribution in [0.2, 0.25) is 58.9 Å². The van der Waals surface area contributed by atoms with Crippen LogP contribution < -0.4 is 10.1 Å².